The van der Waals surface area contributed by atoms with Gasteiger partial charge in [-0.2, -0.15) is 0 Å². The predicted octanol–water partition coefficient (Wildman–Crippen LogP) is 2.32. The molecule has 120 valence electrons. The van der Waals surface area contributed by atoms with Gasteiger partial charge in [0.15, 0.2) is 0 Å². The van der Waals surface area contributed by atoms with Crippen molar-refractivity contribution in [3.8, 4) is 0 Å². The van der Waals surface area contributed by atoms with Crippen molar-refractivity contribution < 1.29 is 5.11 Å². The van der Waals surface area contributed by atoms with Crippen LogP contribution in [0.15, 0.2) is 29.4 Å². The molecule has 1 saturated heterocycles. The third-order valence-corrected chi connectivity index (χ3v) is 3.92. The van der Waals surface area contributed by atoms with Gasteiger partial charge in [-0.15, -0.1) is 0 Å². The van der Waals surface area contributed by atoms with Gasteiger partial charge >= 0.3 is 0 Å². The van der Waals surface area contributed by atoms with Crippen molar-refractivity contribution in [2.24, 2.45) is 4.99 Å². The molecule has 0 radical (unpaired) electrons. The first-order valence-electron chi connectivity index (χ1n) is 8.16. The second-order valence-corrected chi connectivity index (χ2v) is 5.56. The van der Waals surface area contributed by atoms with E-state index in [0.29, 0.717) is 0 Å². The Hall–Kier alpha value is -0.970. The Kier molecular flexibility index (Phi) is 9.22. The van der Waals surface area contributed by atoms with Gasteiger partial charge in [-0.1, -0.05) is 26.8 Å². The zero-order valence-corrected chi connectivity index (χ0v) is 13.7. The van der Waals surface area contributed by atoms with Crippen molar-refractivity contribution >= 4 is 5.71 Å². The van der Waals surface area contributed by atoms with Crippen LogP contribution in [0.5, 0.6) is 0 Å². The molecule has 1 aliphatic heterocycles. The molecule has 0 spiro atoms. The van der Waals surface area contributed by atoms with Gasteiger partial charge < -0.3 is 5.11 Å². The maximum atomic E-state index is 8.97. The summed E-state index contributed by atoms with van der Waals surface area (Å²) >= 11 is 0. The first-order chi connectivity index (χ1) is 10.2. The van der Waals surface area contributed by atoms with Crippen LogP contribution < -0.4 is 0 Å². The predicted molar refractivity (Wildman–Crippen MR) is 90.9 cm³/mol. The van der Waals surface area contributed by atoms with Crippen molar-refractivity contribution in [1.29, 1.82) is 0 Å². The van der Waals surface area contributed by atoms with E-state index in [1.807, 2.05) is 12.3 Å². The second kappa shape index (κ2) is 10.7. The fourth-order valence-electron chi connectivity index (χ4n) is 2.49. The van der Waals surface area contributed by atoms with Gasteiger partial charge in [0.1, 0.15) is 0 Å². The molecule has 4 nitrogen and oxygen atoms in total. The number of piperazine rings is 1. The molecule has 0 unspecified atom stereocenters. The Morgan fingerprint density at radius 1 is 1.19 bits per heavy atom. The summed E-state index contributed by atoms with van der Waals surface area (Å²) in [4.78, 5) is 9.38. The molecule has 0 aromatic heterocycles. The van der Waals surface area contributed by atoms with Crippen LogP contribution in [0.25, 0.3) is 0 Å². The number of aliphatic hydroxyl groups excluding tert-OH is 1. The average molecular weight is 293 g/mol. The van der Waals surface area contributed by atoms with E-state index in [9.17, 15) is 0 Å². The highest BCUT2D eigenvalue weighted by atomic mass is 16.3. The summed E-state index contributed by atoms with van der Waals surface area (Å²) in [5, 5.41) is 8.97. The van der Waals surface area contributed by atoms with Gasteiger partial charge in [0.05, 0.1) is 6.61 Å². The fraction of sp³-hybridized carbons (Fsp3) is 0.706. The van der Waals surface area contributed by atoms with Crippen LogP contribution in [-0.2, 0) is 0 Å². The molecule has 0 saturated carbocycles. The van der Waals surface area contributed by atoms with Gasteiger partial charge in [0.2, 0.25) is 0 Å². The maximum absolute atomic E-state index is 8.97. The van der Waals surface area contributed by atoms with Crippen molar-refractivity contribution in [1.82, 2.24) is 9.80 Å². The number of hydrogen-bond donors (Lipinski definition) is 1. The van der Waals surface area contributed by atoms with Crippen molar-refractivity contribution in [3.63, 3.8) is 0 Å². The highest BCUT2D eigenvalue weighted by molar-refractivity contribution is 5.94. The number of nitrogens with zero attached hydrogens (tertiary/aromatic N) is 3. The minimum atomic E-state index is 0.261. The maximum Gasteiger partial charge on any atom is 0.0558 e. The molecule has 0 aromatic rings. The minimum Gasteiger partial charge on any atom is -0.395 e. The van der Waals surface area contributed by atoms with Crippen LogP contribution >= 0.6 is 0 Å². The van der Waals surface area contributed by atoms with Crippen molar-refractivity contribution in [3.05, 3.63) is 24.4 Å². The van der Waals surface area contributed by atoms with Gasteiger partial charge in [-0.25, -0.2) is 0 Å². The van der Waals surface area contributed by atoms with E-state index in [-0.39, 0.29) is 6.61 Å². The van der Waals surface area contributed by atoms with Gasteiger partial charge in [0.25, 0.3) is 0 Å². The quantitative estimate of drug-likeness (QED) is 0.663. The van der Waals surface area contributed by atoms with E-state index in [1.165, 1.54) is 5.57 Å². The Balaban J connectivity index is 2.49. The standard InChI is InChI=1S/C17H31N3O/c1-4-7-17(6-3)18-14-16(5-2)15-20-10-8-19(9-11-20)12-13-21/h6,14,21H,3-5,7-13,15H2,1-2H3/b16-14+,18-17+. The Labute approximate surface area is 129 Å². The van der Waals surface area contributed by atoms with Gasteiger partial charge in [-0.05, 0) is 24.5 Å². The normalized spacial score (nSPS) is 19.0. The lowest BCUT2D eigenvalue weighted by molar-refractivity contribution is 0.118. The molecule has 1 heterocycles. The molecule has 0 aromatic carbocycles. The van der Waals surface area contributed by atoms with Gasteiger partial charge in [-0.3, -0.25) is 14.8 Å². The third-order valence-electron chi connectivity index (χ3n) is 3.92. The number of aliphatic imine (C=N–C) groups is 1. The molecular weight excluding hydrogens is 262 g/mol. The molecule has 1 fully saturated rings. The lowest BCUT2D eigenvalue weighted by Crippen LogP contribution is -2.47. The summed E-state index contributed by atoms with van der Waals surface area (Å²) in [6, 6.07) is 0. The molecule has 0 amide bonds. The van der Waals surface area contributed by atoms with Crippen LogP contribution in [0.1, 0.15) is 33.1 Å². The van der Waals surface area contributed by atoms with Crippen molar-refractivity contribution in [2.45, 2.75) is 33.1 Å². The first kappa shape index (κ1) is 18.1. The van der Waals surface area contributed by atoms with E-state index in [2.05, 4.69) is 35.2 Å². The van der Waals surface area contributed by atoms with E-state index in [0.717, 1.165) is 64.2 Å². The Morgan fingerprint density at radius 2 is 1.86 bits per heavy atom. The van der Waals surface area contributed by atoms with Crippen LogP contribution in [-0.4, -0.2) is 66.5 Å². The molecule has 1 rings (SSSR count). The fourth-order valence-corrected chi connectivity index (χ4v) is 2.49. The van der Waals surface area contributed by atoms with E-state index < -0.39 is 0 Å². The number of aliphatic hydroxyl groups is 1. The molecular formula is C17H31N3O. The van der Waals surface area contributed by atoms with E-state index >= 15 is 0 Å². The van der Waals surface area contributed by atoms with Crippen LogP contribution in [0.3, 0.4) is 0 Å². The summed E-state index contributed by atoms with van der Waals surface area (Å²) in [6.07, 6.45) is 7.04. The molecule has 0 aliphatic carbocycles. The van der Waals surface area contributed by atoms with Crippen molar-refractivity contribution in [2.75, 3.05) is 45.9 Å². The third kappa shape index (κ3) is 7.02. The number of rotatable bonds is 9. The van der Waals surface area contributed by atoms with E-state index in [4.69, 9.17) is 5.11 Å². The molecule has 21 heavy (non-hydrogen) atoms. The summed E-state index contributed by atoms with van der Waals surface area (Å²) in [6.45, 7) is 14.5. The zero-order chi connectivity index (χ0) is 15.5. The number of β-amino-alcohol motifs (C(OH)–C–C–N with tert-alkyl or cyclic N) is 1. The summed E-state index contributed by atoms with van der Waals surface area (Å²) in [5.74, 6) is 0. The molecule has 4 heteroatoms. The highest BCUT2D eigenvalue weighted by Gasteiger charge is 2.16. The summed E-state index contributed by atoms with van der Waals surface area (Å²) in [7, 11) is 0. The molecule has 1 aliphatic rings. The zero-order valence-electron chi connectivity index (χ0n) is 13.7. The SMILES string of the molecule is C=C/C(CCC)=N\C=C(/CC)CN1CCN(CCO)CC1. The van der Waals surface area contributed by atoms with Crippen LogP contribution in [0.2, 0.25) is 0 Å². The minimum absolute atomic E-state index is 0.261. The van der Waals surface area contributed by atoms with Crippen LogP contribution in [0.4, 0.5) is 0 Å². The first-order valence-corrected chi connectivity index (χ1v) is 8.16. The van der Waals surface area contributed by atoms with Crippen LogP contribution in [0, 0.1) is 0 Å². The Morgan fingerprint density at radius 3 is 2.38 bits per heavy atom. The Bertz CT molecular complexity index is 355. The smallest absolute Gasteiger partial charge is 0.0558 e. The lowest BCUT2D eigenvalue weighted by atomic mass is 10.2. The largest absolute Gasteiger partial charge is 0.395 e. The van der Waals surface area contributed by atoms with Gasteiger partial charge in [0, 0.05) is 51.2 Å². The second-order valence-electron chi connectivity index (χ2n) is 5.56. The number of allylic oxidation sites excluding steroid dienone is 1. The number of hydrogen-bond acceptors (Lipinski definition) is 4. The average Bonchev–Trinajstić information content (AvgIpc) is 2.52. The summed E-state index contributed by atoms with van der Waals surface area (Å²) < 4.78 is 0. The molecule has 0 bridgehead atoms. The highest BCUT2D eigenvalue weighted by Crippen LogP contribution is 2.09. The van der Waals surface area contributed by atoms with E-state index in [1.54, 1.807) is 0 Å². The lowest BCUT2D eigenvalue weighted by Gasteiger charge is -2.34. The topological polar surface area (TPSA) is 39.1 Å². The molecule has 0 atom stereocenters. The summed E-state index contributed by atoms with van der Waals surface area (Å²) in [5.41, 5.74) is 2.46. The monoisotopic (exact) mass is 293 g/mol. The molecule has 1 N–H and O–H groups in total.